The third kappa shape index (κ3) is 5.97. The molecule has 10 nitrogen and oxygen atoms in total. The van der Waals surface area contributed by atoms with E-state index < -0.39 is 12.6 Å². The van der Waals surface area contributed by atoms with Crippen molar-refractivity contribution < 1.29 is 18.3 Å². The van der Waals surface area contributed by atoms with Crippen LogP contribution in [-0.4, -0.2) is 77.4 Å². The van der Waals surface area contributed by atoms with Crippen LogP contribution in [0, 0.1) is 0 Å². The van der Waals surface area contributed by atoms with E-state index in [9.17, 15) is 13.6 Å². The summed E-state index contributed by atoms with van der Waals surface area (Å²) in [7, 11) is 3.33. The largest absolute Gasteiger partial charge is 0.382 e. The van der Waals surface area contributed by atoms with Crippen molar-refractivity contribution in [2.45, 2.75) is 24.6 Å². The van der Waals surface area contributed by atoms with Crippen LogP contribution in [-0.2, 0) is 9.53 Å². The Morgan fingerprint density at radius 1 is 1.32 bits per heavy atom. The van der Waals surface area contributed by atoms with Gasteiger partial charge in [-0.1, -0.05) is 41.9 Å². The monoisotopic (exact) mass is 544 g/mol. The van der Waals surface area contributed by atoms with E-state index in [1.807, 2.05) is 12.1 Å². The van der Waals surface area contributed by atoms with E-state index in [1.165, 1.54) is 12.5 Å². The summed E-state index contributed by atoms with van der Waals surface area (Å²) < 4.78 is 31.2. The number of carbonyl (C=O) groups is 1. The van der Waals surface area contributed by atoms with Crippen LogP contribution in [0.5, 0.6) is 0 Å². The average Bonchev–Trinajstić information content (AvgIpc) is 3.64. The van der Waals surface area contributed by atoms with Gasteiger partial charge < -0.3 is 20.2 Å². The predicted octanol–water partition coefficient (Wildman–Crippen LogP) is 3.61. The van der Waals surface area contributed by atoms with Crippen LogP contribution in [0.4, 0.5) is 8.78 Å². The lowest BCUT2D eigenvalue weighted by atomic mass is 9.98. The molecule has 2 heterocycles. The first-order valence-electron chi connectivity index (χ1n) is 11.7. The van der Waals surface area contributed by atoms with E-state index in [4.69, 9.17) is 22.1 Å². The highest BCUT2D eigenvalue weighted by Gasteiger charge is 2.26. The molecule has 38 heavy (non-hydrogen) atoms. The van der Waals surface area contributed by atoms with E-state index in [1.54, 1.807) is 49.4 Å². The van der Waals surface area contributed by atoms with E-state index in [0.29, 0.717) is 28.3 Å². The van der Waals surface area contributed by atoms with Gasteiger partial charge in [0.05, 0.1) is 24.2 Å². The van der Waals surface area contributed by atoms with Gasteiger partial charge in [0.2, 0.25) is 0 Å². The molecule has 0 bridgehead atoms. The second-order valence-corrected chi connectivity index (χ2v) is 9.07. The van der Waals surface area contributed by atoms with Crippen molar-refractivity contribution in [3.8, 4) is 11.4 Å². The molecule has 3 atom stereocenters. The molecule has 0 saturated heterocycles. The summed E-state index contributed by atoms with van der Waals surface area (Å²) >= 11 is 6.38. The van der Waals surface area contributed by atoms with Crippen LogP contribution in [0.2, 0.25) is 5.02 Å². The van der Waals surface area contributed by atoms with Gasteiger partial charge in [-0.3, -0.25) is 5.10 Å². The summed E-state index contributed by atoms with van der Waals surface area (Å²) in [6, 6.07) is 11.3. The minimum Gasteiger partial charge on any atom is -0.382 e. The molecular weight excluding hydrogens is 518 g/mol. The molecule has 1 aliphatic rings. The first-order valence-corrected chi connectivity index (χ1v) is 12.0. The molecule has 2 aromatic carbocycles. The maximum atomic E-state index is 12.9. The Bertz CT molecular complexity index is 1290. The number of aliphatic imine (C=N–C) groups is 1. The molecule has 200 valence electrons. The quantitative estimate of drug-likeness (QED) is 0.173. The van der Waals surface area contributed by atoms with E-state index >= 15 is 0 Å². The number of aldehydes is 1. The van der Waals surface area contributed by atoms with Crippen LogP contribution < -0.4 is 5.73 Å². The number of benzene rings is 2. The Hall–Kier alpha value is -3.90. The lowest BCUT2D eigenvalue weighted by Gasteiger charge is -2.29. The molecule has 0 aliphatic carbocycles. The third-order valence-corrected chi connectivity index (χ3v) is 6.64. The van der Waals surface area contributed by atoms with Gasteiger partial charge in [-0.15, -0.1) is 0 Å². The first kappa shape index (κ1) is 27.1. The van der Waals surface area contributed by atoms with Gasteiger partial charge in [0, 0.05) is 31.9 Å². The Morgan fingerprint density at radius 3 is 2.66 bits per heavy atom. The maximum Gasteiger partial charge on any atom is 0.329 e. The number of hydrazone groups is 1. The summed E-state index contributed by atoms with van der Waals surface area (Å²) in [5.41, 5.74) is 9.28. The molecule has 0 radical (unpaired) electrons. The zero-order chi connectivity index (χ0) is 27.2. The summed E-state index contributed by atoms with van der Waals surface area (Å²) in [6.07, 6.45) is 3.58. The highest BCUT2D eigenvalue weighted by atomic mass is 35.5. The van der Waals surface area contributed by atoms with Crippen molar-refractivity contribution >= 4 is 30.1 Å². The molecule has 3 unspecified atom stereocenters. The van der Waals surface area contributed by atoms with Crippen LogP contribution in [0.25, 0.3) is 11.4 Å². The Morgan fingerprint density at radius 2 is 2.05 bits per heavy atom. The van der Waals surface area contributed by atoms with Gasteiger partial charge in [0.1, 0.15) is 18.7 Å². The number of aromatic amines is 1. The summed E-state index contributed by atoms with van der Waals surface area (Å²) in [5, 5.41) is 11.7. The number of carbonyl (C=O) groups excluding carboxylic acids is 1. The number of ether oxygens (including phenoxy) is 1. The molecule has 3 aromatic rings. The maximum absolute atomic E-state index is 12.9. The fourth-order valence-electron chi connectivity index (χ4n) is 4.16. The number of likely N-dealkylation sites (N-methyl/N-ethyl adjacent to an activating group) is 1. The number of rotatable bonds is 10. The summed E-state index contributed by atoms with van der Waals surface area (Å²) in [5.74, 6) is 0.385. The number of alkyl halides is 2. The zero-order valence-corrected chi connectivity index (χ0v) is 21.5. The molecule has 3 N–H and O–H groups in total. The zero-order valence-electron chi connectivity index (χ0n) is 20.7. The number of hydrogen-bond donors (Lipinski definition) is 2. The topological polar surface area (TPSA) is 125 Å². The lowest BCUT2D eigenvalue weighted by molar-refractivity contribution is -0.108. The normalized spacial score (nSPS) is 17.2. The van der Waals surface area contributed by atoms with Crippen molar-refractivity contribution in [2.24, 2.45) is 15.8 Å². The van der Waals surface area contributed by atoms with Crippen molar-refractivity contribution in [3.05, 3.63) is 70.5 Å². The molecule has 13 heteroatoms. The molecule has 0 spiro atoms. The van der Waals surface area contributed by atoms with Gasteiger partial charge in [-0.2, -0.15) is 19.0 Å². The van der Waals surface area contributed by atoms with E-state index in [-0.39, 0.29) is 31.1 Å². The Kier molecular flexibility index (Phi) is 8.64. The Labute approximate surface area is 223 Å². The lowest BCUT2D eigenvalue weighted by Crippen LogP contribution is -2.39. The summed E-state index contributed by atoms with van der Waals surface area (Å²) in [6.45, 7) is -2.27. The van der Waals surface area contributed by atoms with Crippen molar-refractivity contribution in [1.82, 2.24) is 25.1 Å². The smallest absolute Gasteiger partial charge is 0.329 e. The van der Waals surface area contributed by atoms with Crippen molar-refractivity contribution in [1.29, 1.82) is 0 Å². The number of methoxy groups -OCH3 is 1. The van der Waals surface area contributed by atoms with Gasteiger partial charge in [-0.25, -0.2) is 15.0 Å². The predicted molar refractivity (Wildman–Crippen MR) is 140 cm³/mol. The number of nitrogens with two attached hydrogens (primary N) is 1. The number of halogens is 3. The minimum absolute atomic E-state index is 0.0910. The van der Waals surface area contributed by atoms with Crippen molar-refractivity contribution in [3.63, 3.8) is 0 Å². The molecular formula is C25H27ClF2N8O2. The SMILES string of the molecule is COCC(c1ccc(Cl)c(-c2ncn[nH]2)c1)N(C)C(N)=NC(C=O)c1ccc(C2C=NN(C(F)F)C2)cc1. The number of nitrogens with one attached hydrogen (secondary N) is 1. The fraction of sp³-hybridized carbons (Fsp3) is 0.320. The van der Waals surface area contributed by atoms with Crippen LogP contribution >= 0.6 is 11.6 Å². The van der Waals surface area contributed by atoms with Gasteiger partial charge in [0.25, 0.3) is 0 Å². The molecule has 0 fully saturated rings. The van der Waals surface area contributed by atoms with Gasteiger partial charge in [0.15, 0.2) is 11.8 Å². The third-order valence-electron chi connectivity index (χ3n) is 6.31. The fourth-order valence-corrected chi connectivity index (χ4v) is 4.36. The van der Waals surface area contributed by atoms with Gasteiger partial charge in [-0.05, 0) is 28.8 Å². The number of guanidine groups is 1. The second-order valence-electron chi connectivity index (χ2n) is 8.66. The van der Waals surface area contributed by atoms with Crippen LogP contribution in [0.1, 0.15) is 34.7 Å². The standard InChI is InChI=1S/C25H27ClF2N8O2/c1-35(22(13-38-2)17-7-8-20(26)19(9-17)23-30-14-31-34-23)25(29)33-21(12-37)16-5-3-15(4-6-16)18-10-32-36(11-18)24(27)28/h3-10,12,14,18,21-22,24H,11,13H2,1-2H3,(H2,29,33)(H,30,31,34). The number of H-pyrrole nitrogens is 1. The number of hydrogen-bond acceptors (Lipinski definition) is 7. The number of nitrogens with zero attached hydrogens (tertiary/aromatic N) is 6. The highest BCUT2D eigenvalue weighted by Crippen LogP contribution is 2.31. The molecule has 1 aliphatic heterocycles. The average molecular weight is 545 g/mol. The van der Waals surface area contributed by atoms with Crippen LogP contribution in [0.3, 0.4) is 0 Å². The van der Waals surface area contributed by atoms with Crippen molar-refractivity contribution in [2.75, 3.05) is 27.3 Å². The number of aromatic nitrogens is 3. The summed E-state index contributed by atoms with van der Waals surface area (Å²) in [4.78, 5) is 22.3. The first-order chi connectivity index (χ1) is 18.3. The molecule has 1 aromatic heterocycles. The minimum atomic E-state index is -2.65. The van der Waals surface area contributed by atoms with E-state index in [2.05, 4.69) is 25.3 Å². The Balaban J connectivity index is 1.53. The molecule has 0 saturated carbocycles. The van der Waals surface area contributed by atoms with Crippen LogP contribution in [0.15, 0.2) is 58.9 Å². The molecule has 4 rings (SSSR count). The van der Waals surface area contributed by atoms with Gasteiger partial charge >= 0.3 is 6.55 Å². The van der Waals surface area contributed by atoms with E-state index in [0.717, 1.165) is 16.1 Å². The highest BCUT2D eigenvalue weighted by molar-refractivity contribution is 6.33. The molecule has 0 amide bonds. The second kappa shape index (κ2) is 12.1.